The molecule has 3 aromatic rings. The Morgan fingerprint density at radius 2 is 1.14 bits per heavy atom. The first-order valence-corrected chi connectivity index (χ1v) is 29.4. The summed E-state index contributed by atoms with van der Waals surface area (Å²) in [5.74, 6) is 1.58. The van der Waals surface area contributed by atoms with Crippen LogP contribution in [-0.2, 0) is 33.7 Å². The van der Waals surface area contributed by atoms with Gasteiger partial charge in [0.05, 0.1) is 46.0 Å². The number of nitrogens with zero attached hydrogens (tertiary/aromatic N) is 2. The first-order valence-electron chi connectivity index (χ1n) is 28.3. The van der Waals surface area contributed by atoms with E-state index < -0.39 is 32.4 Å². The Bertz CT molecular complexity index is 1860. The van der Waals surface area contributed by atoms with Gasteiger partial charge in [-0.25, -0.2) is 4.67 Å². The highest BCUT2D eigenvalue weighted by Crippen LogP contribution is 2.50. The van der Waals surface area contributed by atoms with E-state index in [4.69, 9.17) is 32.7 Å². The van der Waals surface area contributed by atoms with Crippen LogP contribution in [0.5, 0.6) is 11.5 Å². The molecule has 1 unspecified atom stereocenters. The molecule has 11 nitrogen and oxygen atoms in total. The Morgan fingerprint density at radius 1 is 0.658 bits per heavy atom. The summed E-state index contributed by atoms with van der Waals surface area (Å²) in [6, 6.07) is 28.6. The second-order valence-corrected chi connectivity index (χ2v) is 21.9. The standard InChI is InChI=1S/C61H96N3O8P/c1-9-10-11-12-13-14-15-16-17-18-19-20-21-22-23-24-25-26-30-36-58(65)63-46-31-35-56-59(68-8)60(72-73(70-47-32-45-62)64(49(2)3)50(4)5)57(71-56)48-69-61(51-33-28-27-29-34-51,52-37-41-54(66-6)42-38-52)53-39-43-55(67-7)44-40-53/h27-29,33-34,37-44,49-50,56-57,59-60H,9-26,30-32,35-36,46-48H2,1-8H3,(H,63,65)/t56-,57+,59-,60+,73?/m0/s1. The zero-order valence-corrected chi connectivity index (χ0v) is 47.4. The van der Waals surface area contributed by atoms with E-state index >= 15 is 0 Å². The van der Waals surface area contributed by atoms with Gasteiger partial charge >= 0.3 is 0 Å². The topological polar surface area (TPSA) is 121 Å². The predicted octanol–water partition coefficient (Wildman–Crippen LogP) is 15.2. The van der Waals surface area contributed by atoms with E-state index in [0.29, 0.717) is 25.8 Å². The van der Waals surface area contributed by atoms with E-state index in [1.165, 1.54) is 109 Å². The van der Waals surface area contributed by atoms with Crippen LogP contribution in [0.2, 0.25) is 0 Å². The molecular formula is C61H96N3O8P. The van der Waals surface area contributed by atoms with Crippen molar-refractivity contribution in [2.75, 3.05) is 41.1 Å². The van der Waals surface area contributed by atoms with E-state index in [-0.39, 0.29) is 43.7 Å². The lowest BCUT2D eigenvalue weighted by Gasteiger charge is -2.39. The Kier molecular flexibility index (Phi) is 30.9. The van der Waals surface area contributed by atoms with Gasteiger partial charge in [-0.15, -0.1) is 0 Å². The molecule has 0 bridgehead atoms. The Morgan fingerprint density at radius 3 is 1.59 bits per heavy atom. The molecule has 0 aliphatic carbocycles. The zero-order valence-electron chi connectivity index (χ0n) is 46.5. The number of unbranched alkanes of at least 4 members (excludes halogenated alkanes) is 18. The summed E-state index contributed by atoms with van der Waals surface area (Å²) < 4.78 is 47.7. The second kappa shape index (κ2) is 36.4. The molecule has 1 heterocycles. The fourth-order valence-corrected chi connectivity index (χ4v) is 12.0. The van der Waals surface area contributed by atoms with Crippen molar-refractivity contribution in [3.8, 4) is 17.6 Å². The molecule has 1 aliphatic rings. The third-order valence-corrected chi connectivity index (χ3v) is 16.3. The van der Waals surface area contributed by atoms with E-state index in [1.54, 1.807) is 21.3 Å². The van der Waals surface area contributed by atoms with Gasteiger partial charge in [-0.05, 0) is 87.9 Å². The fourth-order valence-electron chi connectivity index (χ4n) is 10.2. The lowest BCUT2D eigenvalue weighted by molar-refractivity contribution is -0.121. The third-order valence-electron chi connectivity index (χ3n) is 14.2. The van der Waals surface area contributed by atoms with Crippen molar-refractivity contribution >= 4 is 14.4 Å². The average molecular weight is 1030 g/mol. The largest absolute Gasteiger partial charge is 0.497 e. The molecular weight excluding hydrogens is 934 g/mol. The molecule has 1 aliphatic heterocycles. The molecule has 1 saturated heterocycles. The number of carbonyl (C=O) groups is 1. The lowest BCUT2D eigenvalue weighted by atomic mass is 9.80. The molecule has 12 heteroatoms. The molecule has 4 rings (SSSR count). The van der Waals surface area contributed by atoms with Gasteiger partial charge in [0.1, 0.15) is 35.4 Å². The van der Waals surface area contributed by atoms with Crippen LogP contribution in [0.1, 0.15) is 199 Å². The maximum absolute atomic E-state index is 13.0. The summed E-state index contributed by atoms with van der Waals surface area (Å²) in [5, 5.41) is 12.7. The van der Waals surface area contributed by atoms with E-state index in [9.17, 15) is 10.1 Å². The summed E-state index contributed by atoms with van der Waals surface area (Å²) in [6.45, 7) is 11.7. The fraction of sp³-hybridized carbons (Fsp3) is 0.672. The molecule has 3 aromatic carbocycles. The number of rotatable bonds is 41. The zero-order chi connectivity index (χ0) is 52.5. The third kappa shape index (κ3) is 21.2. The van der Waals surface area contributed by atoms with E-state index in [0.717, 1.165) is 41.0 Å². The highest BCUT2D eigenvalue weighted by molar-refractivity contribution is 7.44. The van der Waals surface area contributed by atoms with Gasteiger partial charge in [0, 0.05) is 32.2 Å². The summed E-state index contributed by atoms with van der Waals surface area (Å²) in [4.78, 5) is 13.0. The summed E-state index contributed by atoms with van der Waals surface area (Å²) in [7, 11) is 3.38. The molecule has 0 saturated carbocycles. The Hall–Kier alpha value is -3.59. The van der Waals surface area contributed by atoms with E-state index in [2.05, 4.69) is 62.8 Å². The SMILES string of the molecule is CCCCCCCCCCCCCCCCCCCCCC(=O)NCCC[C@@H]1O[C@H](COC(c2ccccc2)(c2ccc(OC)cc2)c2ccc(OC)cc2)[C@@H](OP(OCCC#N)N(C(C)C)C(C)C)[C@H]1OC. The van der Waals surface area contributed by atoms with Crippen molar-refractivity contribution in [1.82, 2.24) is 9.99 Å². The predicted molar refractivity (Wildman–Crippen MR) is 298 cm³/mol. The van der Waals surface area contributed by atoms with Crippen LogP contribution in [0.4, 0.5) is 0 Å². The summed E-state index contributed by atoms with van der Waals surface area (Å²) in [6.07, 6.45) is 25.5. The van der Waals surface area contributed by atoms with Crippen LogP contribution in [0.15, 0.2) is 78.9 Å². The van der Waals surface area contributed by atoms with Gasteiger partial charge in [-0.1, -0.05) is 177 Å². The molecule has 0 aromatic heterocycles. The summed E-state index contributed by atoms with van der Waals surface area (Å²) >= 11 is 0. The van der Waals surface area contributed by atoms with Gasteiger partial charge in [-0.2, -0.15) is 5.26 Å². The molecule has 1 N–H and O–H groups in total. The normalized spacial score (nSPS) is 17.3. The van der Waals surface area contributed by atoms with Gasteiger partial charge in [0.2, 0.25) is 5.91 Å². The van der Waals surface area contributed by atoms with Crippen molar-refractivity contribution in [2.45, 2.75) is 224 Å². The highest BCUT2D eigenvalue weighted by atomic mass is 31.2. The van der Waals surface area contributed by atoms with Crippen molar-refractivity contribution in [3.63, 3.8) is 0 Å². The highest BCUT2D eigenvalue weighted by Gasteiger charge is 2.50. The Balaban J connectivity index is 1.37. The average Bonchev–Trinajstić information content (AvgIpc) is 3.73. The van der Waals surface area contributed by atoms with Crippen molar-refractivity contribution in [3.05, 3.63) is 95.6 Å². The van der Waals surface area contributed by atoms with Crippen molar-refractivity contribution < 1.29 is 37.5 Å². The number of hydrogen-bond acceptors (Lipinski definition) is 10. The number of ether oxygens (including phenoxy) is 5. The maximum atomic E-state index is 13.0. The van der Waals surface area contributed by atoms with Crippen LogP contribution in [0, 0.1) is 11.3 Å². The molecule has 5 atom stereocenters. The van der Waals surface area contributed by atoms with Crippen LogP contribution in [0.25, 0.3) is 0 Å². The van der Waals surface area contributed by atoms with Crippen LogP contribution < -0.4 is 14.8 Å². The maximum Gasteiger partial charge on any atom is 0.259 e. The molecule has 1 fully saturated rings. The molecule has 0 spiro atoms. The van der Waals surface area contributed by atoms with Gasteiger partial charge in [0.25, 0.3) is 8.53 Å². The monoisotopic (exact) mass is 1030 g/mol. The summed E-state index contributed by atoms with van der Waals surface area (Å²) in [5.41, 5.74) is 1.66. The van der Waals surface area contributed by atoms with E-state index in [1.807, 2.05) is 66.7 Å². The minimum absolute atomic E-state index is 0.0975. The lowest BCUT2D eigenvalue weighted by Crippen LogP contribution is -2.43. The minimum Gasteiger partial charge on any atom is -0.497 e. The van der Waals surface area contributed by atoms with Crippen LogP contribution in [-0.4, -0.2) is 88.2 Å². The number of nitriles is 1. The number of nitrogens with one attached hydrogen (secondary N) is 1. The van der Waals surface area contributed by atoms with Crippen molar-refractivity contribution in [1.29, 1.82) is 5.26 Å². The first kappa shape index (κ1) is 62.0. The number of benzene rings is 3. The molecule has 0 radical (unpaired) electrons. The molecule has 73 heavy (non-hydrogen) atoms. The number of carbonyl (C=O) groups excluding carboxylic acids is 1. The van der Waals surface area contributed by atoms with Crippen molar-refractivity contribution in [2.24, 2.45) is 0 Å². The molecule has 1 amide bonds. The van der Waals surface area contributed by atoms with Gasteiger partial charge in [-0.3, -0.25) is 4.79 Å². The van der Waals surface area contributed by atoms with Crippen LogP contribution >= 0.6 is 8.53 Å². The number of methoxy groups -OCH3 is 3. The Labute approximate surface area is 444 Å². The quantitative estimate of drug-likeness (QED) is 0.0334. The number of amides is 1. The number of hydrogen-bond donors (Lipinski definition) is 1. The van der Waals surface area contributed by atoms with Crippen LogP contribution in [0.3, 0.4) is 0 Å². The van der Waals surface area contributed by atoms with Gasteiger partial charge < -0.3 is 38.0 Å². The first-order chi connectivity index (χ1) is 35.6. The van der Waals surface area contributed by atoms with Gasteiger partial charge in [0.15, 0.2) is 0 Å². The second-order valence-electron chi connectivity index (χ2n) is 20.5. The minimum atomic E-state index is -1.65. The smallest absolute Gasteiger partial charge is 0.259 e. The molecule has 408 valence electrons.